The number of ether oxygens (including phenoxy) is 1. The fraction of sp³-hybridized carbons (Fsp3) is 0.654. The van der Waals surface area contributed by atoms with Gasteiger partial charge in [0.1, 0.15) is 0 Å². The summed E-state index contributed by atoms with van der Waals surface area (Å²) in [6.07, 6.45) is 11.4. The molecule has 1 unspecified atom stereocenters. The quantitative estimate of drug-likeness (QED) is 0.658. The van der Waals surface area contributed by atoms with E-state index in [-0.39, 0.29) is 22.9 Å². The van der Waals surface area contributed by atoms with Crippen molar-refractivity contribution in [3.8, 4) is 0 Å². The number of hydrogen-bond acceptors (Lipinski definition) is 4. The lowest BCUT2D eigenvalue weighted by molar-refractivity contribution is -0.165. The molecule has 4 rings (SSSR count). The number of ketones is 2. The van der Waals surface area contributed by atoms with Gasteiger partial charge in [-0.2, -0.15) is 0 Å². The molecule has 0 radical (unpaired) electrons. The molecule has 4 aliphatic rings. The molecule has 0 saturated heterocycles. The highest BCUT2D eigenvalue weighted by atomic mass is 16.6. The zero-order chi connectivity index (χ0) is 22.6. The number of rotatable bonds is 4. The highest BCUT2D eigenvalue weighted by Gasteiger charge is 2.70. The fourth-order valence-electron chi connectivity index (χ4n) is 7.90. The van der Waals surface area contributed by atoms with Crippen LogP contribution in [0.4, 0.5) is 4.79 Å². The highest BCUT2D eigenvalue weighted by molar-refractivity contribution is 6.01. The Kier molecular flexibility index (Phi) is 5.30. The summed E-state index contributed by atoms with van der Waals surface area (Å²) in [4.78, 5) is 37.7. The van der Waals surface area contributed by atoms with Gasteiger partial charge >= 0.3 is 6.09 Å². The number of carbonyl (C=O) groups excluding carboxylic acids is 3. The summed E-state index contributed by atoms with van der Waals surface area (Å²) in [7, 11) is 0. The first-order chi connectivity index (χ1) is 14.6. The smallest absolute Gasteiger partial charge is 0.408 e. The van der Waals surface area contributed by atoms with Crippen molar-refractivity contribution >= 4 is 17.7 Å². The van der Waals surface area contributed by atoms with Crippen LogP contribution in [0, 0.1) is 34.5 Å². The minimum absolute atomic E-state index is 0.0403. The van der Waals surface area contributed by atoms with Gasteiger partial charge < -0.3 is 10.1 Å². The Bertz CT molecular complexity index is 888. The SMILES string of the molecule is C=CCNC(=O)O[C@]1(C(C)=O)C(C)C[C@H]2[C@@H]3CCC4=CC(=O)C=C[C@]4(C)[C@H]3CC[C@@]21C. The number of nitrogens with one attached hydrogen (secondary N) is 1. The maximum atomic E-state index is 13.2. The Labute approximate surface area is 185 Å². The third-order valence-corrected chi connectivity index (χ3v) is 9.26. The van der Waals surface area contributed by atoms with Crippen LogP contribution in [0.25, 0.3) is 0 Å². The molecule has 1 N–H and O–H groups in total. The Morgan fingerprint density at radius 2 is 2.03 bits per heavy atom. The van der Waals surface area contributed by atoms with E-state index in [0.717, 1.165) is 32.1 Å². The molecule has 0 bridgehead atoms. The number of Topliss-reactive ketones (excluding diaryl/α,β-unsaturated/α-hetero) is 1. The van der Waals surface area contributed by atoms with Gasteiger partial charge in [-0.05, 0) is 68.9 Å². The van der Waals surface area contributed by atoms with Gasteiger partial charge in [0.2, 0.25) is 0 Å². The molecule has 168 valence electrons. The second-order valence-electron chi connectivity index (χ2n) is 10.5. The summed E-state index contributed by atoms with van der Waals surface area (Å²) in [6, 6.07) is 0. The van der Waals surface area contributed by atoms with E-state index in [1.807, 2.05) is 6.08 Å². The molecule has 5 nitrogen and oxygen atoms in total. The van der Waals surface area contributed by atoms with Crippen molar-refractivity contribution in [2.24, 2.45) is 34.5 Å². The minimum atomic E-state index is -1.11. The van der Waals surface area contributed by atoms with Crippen LogP contribution in [0.15, 0.2) is 36.5 Å². The third kappa shape index (κ3) is 2.99. The molecular formula is C26H35NO4. The van der Waals surface area contributed by atoms with Crippen LogP contribution in [-0.2, 0) is 14.3 Å². The standard InChI is InChI=1S/C26H35NO4/c1-6-13-27-23(30)31-26(17(3)28)16(2)14-22-20-8-7-18-15-19(29)9-11-24(18,4)21(20)10-12-25(22,26)5/h6,9,11,15-16,20-22H,1,7-8,10,12-14H2,2-5H3,(H,27,30)/t16?,20-,21+,22+,24+,25+,26+/m1/s1. The van der Waals surface area contributed by atoms with Crippen molar-refractivity contribution < 1.29 is 19.1 Å². The monoisotopic (exact) mass is 425 g/mol. The number of hydrogen-bond donors (Lipinski definition) is 1. The van der Waals surface area contributed by atoms with Crippen LogP contribution >= 0.6 is 0 Å². The summed E-state index contributed by atoms with van der Waals surface area (Å²) in [5.74, 6) is 1.20. The zero-order valence-corrected chi connectivity index (χ0v) is 19.2. The molecule has 31 heavy (non-hydrogen) atoms. The normalized spacial score (nSPS) is 43.2. The lowest BCUT2D eigenvalue weighted by atomic mass is 9.47. The second-order valence-corrected chi connectivity index (χ2v) is 10.5. The highest BCUT2D eigenvalue weighted by Crippen LogP contribution is 2.69. The van der Waals surface area contributed by atoms with E-state index in [4.69, 9.17) is 4.74 Å². The molecule has 5 heteroatoms. The average Bonchev–Trinajstić information content (AvgIpc) is 2.94. The fourth-order valence-corrected chi connectivity index (χ4v) is 7.90. The van der Waals surface area contributed by atoms with Gasteiger partial charge in [-0.3, -0.25) is 9.59 Å². The van der Waals surface area contributed by atoms with Gasteiger partial charge in [0.25, 0.3) is 0 Å². The third-order valence-electron chi connectivity index (χ3n) is 9.26. The first-order valence-corrected chi connectivity index (χ1v) is 11.6. The Morgan fingerprint density at radius 1 is 1.29 bits per heavy atom. The predicted molar refractivity (Wildman–Crippen MR) is 119 cm³/mol. The van der Waals surface area contributed by atoms with Crippen molar-refractivity contribution in [2.45, 2.75) is 65.4 Å². The van der Waals surface area contributed by atoms with Crippen LogP contribution in [0.5, 0.6) is 0 Å². The van der Waals surface area contributed by atoms with E-state index in [1.165, 1.54) is 5.57 Å². The first-order valence-electron chi connectivity index (χ1n) is 11.6. The molecule has 4 aliphatic carbocycles. The number of alkyl carbamates (subject to hydrolysis) is 1. The number of amides is 1. The van der Waals surface area contributed by atoms with Crippen molar-refractivity contribution in [3.63, 3.8) is 0 Å². The van der Waals surface area contributed by atoms with E-state index >= 15 is 0 Å². The Balaban J connectivity index is 1.69. The van der Waals surface area contributed by atoms with E-state index < -0.39 is 17.1 Å². The molecule has 0 aromatic rings. The maximum Gasteiger partial charge on any atom is 0.408 e. The van der Waals surface area contributed by atoms with Gasteiger partial charge in [-0.25, -0.2) is 4.79 Å². The van der Waals surface area contributed by atoms with Crippen LogP contribution in [0.1, 0.15) is 59.8 Å². The molecule has 1 amide bonds. The molecular weight excluding hydrogens is 390 g/mol. The van der Waals surface area contributed by atoms with Gasteiger partial charge in [0.05, 0.1) is 0 Å². The van der Waals surface area contributed by atoms with Gasteiger partial charge in [-0.1, -0.05) is 38.5 Å². The molecule has 7 atom stereocenters. The van der Waals surface area contributed by atoms with Crippen LogP contribution in [0.3, 0.4) is 0 Å². The van der Waals surface area contributed by atoms with Crippen LogP contribution < -0.4 is 5.32 Å². The lowest BCUT2D eigenvalue weighted by Crippen LogP contribution is -2.60. The average molecular weight is 426 g/mol. The summed E-state index contributed by atoms with van der Waals surface area (Å²) >= 11 is 0. The molecule has 0 heterocycles. The van der Waals surface area contributed by atoms with Gasteiger partial charge in [0, 0.05) is 23.3 Å². The number of carbonyl (C=O) groups is 3. The topological polar surface area (TPSA) is 72.5 Å². The lowest BCUT2D eigenvalue weighted by Gasteiger charge is -2.58. The molecule has 0 aromatic carbocycles. The van der Waals surface area contributed by atoms with E-state index in [0.29, 0.717) is 24.3 Å². The van der Waals surface area contributed by atoms with Crippen LogP contribution in [-0.4, -0.2) is 29.8 Å². The van der Waals surface area contributed by atoms with E-state index in [9.17, 15) is 14.4 Å². The van der Waals surface area contributed by atoms with Crippen molar-refractivity contribution in [1.29, 1.82) is 0 Å². The Morgan fingerprint density at radius 3 is 2.71 bits per heavy atom. The number of fused-ring (bicyclic) bond motifs is 5. The molecule has 0 aromatic heterocycles. The summed E-state index contributed by atoms with van der Waals surface area (Å²) in [5, 5.41) is 2.70. The first kappa shape index (κ1) is 22.0. The maximum absolute atomic E-state index is 13.2. The Hall–Kier alpha value is -2.17. The van der Waals surface area contributed by atoms with Crippen LogP contribution in [0.2, 0.25) is 0 Å². The van der Waals surface area contributed by atoms with Crippen molar-refractivity contribution in [3.05, 3.63) is 36.5 Å². The molecule has 0 spiro atoms. The summed E-state index contributed by atoms with van der Waals surface area (Å²) in [6.45, 7) is 12.0. The largest absolute Gasteiger partial charge is 0.434 e. The van der Waals surface area contributed by atoms with Crippen molar-refractivity contribution in [1.82, 2.24) is 5.32 Å². The predicted octanol–water partition coefficient (Wildman–Crippen LogP) is 4.78. The summed E-state index contributed by atoms with van der Waals surface area (Å²) < 4.78 is 6.06. The minimum Gasteiger partial charge on any atom is -0.434 e. The van der Waals surface area contributed by atoms with Gasteiger partial charge in [-0.15, -0.1) is 6.58 Å². The molecule has 3 fully saturated rings. The molecule has 3 saturated carbocycles. The zero-order valence-electron chi connectivity index (χ0n) is 19.2. The second kappa shape index (κ2) is 7.46. The van der Waals surface area contributed by atoms with E-state index in [1.54, 1.807) is 19.1 Å². The number of allylic oxidation sites excluding steroid dienone is 4. The van der Waals surface area contributed by atoms with Gasteiger partial charge in [0.15, 0.2) is 17.2 Å². The molecule has 0 aliphatic heterocycles. The summed E-state index contributed by atoms with van der Waals surface area (Å²) in [5.41, 5.74) is -0.334. The van der Waals surface area contributed by atoms with Crippen molar-refractivity contribution in [2.75, 3.05) is 6.54 Å². The van der Waals surface area contributed by atoms with E-state index in [2.05, 4.69) is 38.7 Å².